The number of phenols is 4. The summed E-state index contributed by atoms with van der Waals surface area (Å²) in [5.41, 5.74) is -0.196. The largest absolute Gasteiger partial charge is 0.505 e. The van der Waals surface area contributed by atoms with Gasteiger partial charge in [-0.15, -0.1) is 0 Å². The van der Waals surface area contributed by atoms with Gasteiger partial charge < -0.3 is 20.4 Å². The third-order valence-electron chi connectivity index (χ3n) is 1.26. The van der Waals surface area contributed by atoms with E-state index >= 15 is 0 Å². The molecular weight excluding hydrogens is 147 g/mol. The summed E-state index contributed by atoms with van der Waals surface area (Å²) in [4.78, 5) is 0. The first-order valence-corrected chi connectivity index (χ1v) is 2.76. The third kappa shape index (κ3) is 1.04. The maximum absolute atomic E-state index is 8.87. The number of hydrogen-bond donors (Lipinski definition) is 4. The Morgan fingerprint density at radius 2 is 1.45 bits per heavy atom. The lowest BCUT2D eigenvalue weighted by Gasteiger charge is -2.05. The first-order chi connectivity index (χ1) is 5.04. The summed E-state index contributed by atoms with van der Waals surface area (Å²) in [5, 5.41) is 35.3. The van der Waals surface area contributed by atoms with Gasteiger partial charge in [-0.25, -0.2) is 0 Å². The molecular formula is C6H5BO4. The molecule has 0 aromatic heterocycles. The van der Waals surface area contributed by atoms with Crippen LogP contribution >= 0.6 is 0 Å². The molecule has 0 fully saturated rings. The molecule has 2 radical (unpaired) electrons. The number of hydrogen-bond acceptors (Lipinski definition) is 4. The Morgan fingerprint density at radius 3 is 2.00 bits per heavy atom. The predicted molar refractivity (Wildman–Crippen MR) is 38.5 cm³/mol. The zero-order valence-corrected chi connectivity index (χ0v) is 5.44. The fourth-order valence-electron chi connectivity index (χ4n) is 0.654. The second kappa shape index (κ2) is 2.27. The lowest BCUT2D eigenvalue weighted by atomic mass is 9.94. The van der Waals surface area contributed by atoms with Gasteiger partial charge in [-0.05, 0) is 11.5 Å². The molecule has 0 spiro atoms. The first kappa shape index (κ1) is 7.59. The van der Waals surface area contributed by atoms with Crippen LogP contribution in [0.3, 0.4) is 0 Å². The molecule has 0 bridgehead atoms. The average molecular weight is 152 g/mol. The molecule has 11 heavy (non-hydrogen) atoms. The minimum absolute atomic E-state index is 0.196. The van der Waals surface area contributed by atoms with Gasteiger partial charge in [0.1, 0.15) is 7.85 Å². The number of benzene rings is 1. The summed E-state index contributed by atoms with van der Waals surface area (Å²) in [5.74, 6) is -2.81. The van der Waals surface area contributed by atoms with Crippen LogP contribution in [0.25, 0.3) is 0 Å². The van der Waals surface area contributed by atoms with Crippen molar-refractivity contribution in [3.05, 3.63) is 6.07 Å². The van der Waals surface area contributed by atoms with Crippen LogP contribution < -0.4 is 5.46 Å². The summed E-state index contributed by atoms with van der Waals surface area (Å²) < 4.78 is 0. The van der Waals surface area contributed by atoms with E-state index in [0.29, 0.717) is 0 Å². The highest BCUT2D eigenvalue weighted by Gasteiger charge is 2.12. The van der Waals surface area contributed by atoms with Gasteiger partial charge in [-0.2, -0.15) is 0 Å². The molecule has 5 heteroatoms. The monoisotopic (exact) mass is 152 g/mol. The fourth-order valence-corrected chi connectivity index (χ4v) is 0.654. The van der Waals surface area contributed by atoms with Crippen LogP contribution in [0.15, 0.2) is 6.07 Å². The van der Waals surface area contributed by atoms with E-state index in [9.17, 15) is 0 Å². The lowest BCUT2D eigenvalue weighted by Crippen LogP contribution is -2.01. The van der Waals surface area contributed by atoms with Crippen LogP contribution in [-0.4, -0.2) is 28.3 Å². The molecule has 4 N–H and O–H groups in total. The van der Waals surface area contributed by atoms with Crippen molar-refractivity contribution in [2.24, 2.45) is 0 Å². The zero-order valence-electron chi connectivity index (χ0n) is 5.44. The quantitative estimate of drug-likeness (QED) is 0.225. The summed E-state index contributed by atoms with van der Waals surface area (Å²) in [6, 6.07) is 0.935. The van der Waals surface area contributed by atoms with E-state index in [0.717, 1.165) is 6.07 Å². The summed E-state index contributed by atoms with van der Waals surface area (Å²) in [6.45, 7) is 0. The topological polar surface area (TPSA) is 80.9 Å². The smallest absolute Gasteiger partial charge is 0.204 e. The Hall–Kier alpha value is -1.52. The molecule has 0 heterocycles. The lowest BCUT2D eigenvalue weighted by molar-refractivity contribution is 0.348. The molecule has 1 rings (SSSR count). The van der Waals surface area contributed by atoms with Crippen molar-refractivity contribution >= 4 is 13.3 Å². The number of phenolic OH excluding ortho intramolecular Hbond substituents is 4. The van der Waals surface area contributed by atoms with Crippen LogP contribution in [-0.2, 0) is 0 Å². The Balaban J connectivity index is 3.46. The minimum Gasteiger partial charge on any atom is -0.505 e. The maximum Gasteiger partial charge on any atom is 0.204 e. The molecule has 0 unspecified atom stereocenters. The highest BCUT2D eigenvalue weighted by molar-refractivity contribution is 6.34. The van der Waals surface area contributed by atoms with Gasteiger partial charge >= 0.3 is 0 Å². The van der Waals surface area contributed by atoms with Crippen LogP contribution in [0.2, 0.25) is 0 Å². The zero-order chi connectivity index (χ0) is 8.59. The maximum atomic E-state index is 8.87. The van der Waals surface area contributed by atoms with Crippen molar-refractivity contribution in [2.45, 2.75) is 0 Å². The van der Waals surface area contributed by atoms with E-state index < -0.39 is 23.0 Å². The van der Waals surface area contributed by atoms with Gasteiger partial charge in [-0.1, -0.05) is 0 Å². The third-order valence-corrected chi connectivity index (χ3v) is 1.26. The van der Waals surface area contributed by atoms with Crippen molar-refractivity contribution < 1.29 is 20.4 Å². The Labute approximate surface area is 63.8 Å². The number of aromatic hydroxyl groups is 4. The van der Waals surface area contributed by atoms with Gasteiger partial charge in [0.25, 0.3) is 0 Å². The SMILES string of the molecule is [B]c1cc(O)c(O)c(O)c1O. The molecule has 0 aliphatic heterocycles. The van der Waals surface area contributed by atoms with Gasteiger partial charge in [0.15, 0.2) is 11.5 Å². The normalized spacial score (nSPS) is 9.82. The second-order valence-corrected chi connectivity index (χ2v) is 2.03. The summed E-state index contributed by atoms with van der Waals surface area (Å²) in [6.07, 6.45) is 0. The molecule has 4 nitrogen and oxygen atoms in total. The molecule has 1 aromatic carbocycles. The van der Waals surface area contributed by atoms with Crippen molar-refractivity contribution in [1.29, 1.82) is 0 Å². The van der Waals surface area contributed by atoms with Crippen molar-refractivity contribution in [2.75, 3.05) is 0 Å². The van der Waals surface area contributed by atoms with Crippen LogP contribution in [0.1, 0.15) is 0 Å². The summed E-state index contributed by atoms with van der Waals surface area (Å²) in [7, 11) is 5.11. The minimum atomic E-state index is -0.817. The Kier molecular flexibility index (Phi) is 1.56. The van der Waals surface area contributed by atoms with Gasteiger partial charge in [0.2, 0.25) is 11.5 Å². The van der Waals surface area contributed by atoms with E-state index in [4.69, 9.17) is 28.3 Å². The second-order valence-electron chi connectivity index (χ2n) is 2.03. The van der Waals surface area contributed by atoms with Crippen LogP contribution in [0, 0.1) is 0 Å². The molecule has 56 valence electrons. The van der Waals surface area contributed by atoms with Gasteiger partial charge in [-0.3, -0.25) is 0 Å². The molecule has 0 aliphatic carbocycles. The van der Waals surface area contributed by atoms with E-state index in [1.807, 2.05) is 0 Å². The number of rotatable bonds is 0. The highest BCUT2D eigenvalue weighted by Crippen LogP contribution is 2.38. The standard InChI is InChI=1S/C6H5BO4/c7-2-1-3(8)5(10)6(11)4(2)9/h1,8-11H. The van der Waals surface area contributed by atoms with Gasteiger partial charge in [0.05, 0.1) is 0 Å². The molecule has 0 atom stereocenters. The molecule has 0 saturated heterocycles. The van der Waals surface area contributed by atoms with Crippen LogP contribution in [0.4, 0.5) is 0 Å². The van der Waals surface area contributed by atoms with Gasteiger partial charge in [0, 0.05) is 0 Å². The van der Waals surface area contributed by atoms with E-state index in [1.165, 1.54) is 0 Å². The fraction of sp³-hybridized carbons (Fsp3) is 0. The average Bonchev–Trinajstić information content (AvgIpc) is 1.97. The Morgan fingerprint density at radius 1 is 0.909 bits per heavy atom. The highest BCUT2D eigenvalue weighted by atomic mass is 16.3. The van der Waals surface area contributed by atoms with Crippen molar-refractivity contribution in [3.8, 4) is 23.0 Å². The Bertz CT molecular complexity index is 271. The predicted octanol–water partition coefficient (Wildman–Crippen LogP) is -0.697. The van der Waals surface area contributed by atoms with E-state index in [2.05, 4.69) is 0 Å². The molecule has 1 aromatic rings. The first-order valence-electron chi connectivity index (χ1n) is 2.76. The van der Waals surface area contributed by atoms with E-state index in [1.54, 1.807) is 0 Å². The molecule has 0 amide bonds. The summed E-state index contributed by atoms with van der Waals surface area (Å²) >= 11 is 0. The molecule has 0 saturated carbocycles. The molecule has 0 aliphatic rings. The van der Waals surface area contributed by atoms with Crippen molar-refractivity contribution in [3.63, 3.8) is 0 Å². The van der Waals surface area contributed by atoms with E-state index in [-0.39, 0.29) is 5.46 Å². The van der Waals surface area contributed by atoms with Crippen molar-refractivity contribution in [1.82, 2.24) is 0 Å². The van der Waals surface area contributed by atoms with Crippen LogP contribution in [0.5, 0.6) is 23.0 Å².